The van der Waals surface area contributed by atoms with E-state index in [0.717, 1.165) is 18.8 Å². The summed E-state index contributed by atoms with van der Waals surface area (Å²) >= 11 is 0. The zero-order valence-corrected chi connectivity index (χ0v) is 11.0. The van der Waals surface area contributed by atoms with Gasteiger partial charge in [0.05, 0.1) is 0 Å². The van der Waals surface area contributed by atoms with Crippen molar-refractivity contribution >= 4 is 17.3 Å². The molecule has 0 radical (unpaired) electrons. The molecule has 0 saturated heterocycles. The van der Waals surface area contributed by atoms with E-state index in [2.05, 4.69) is 28.1 Å². The topological polar surface area (TPSA) is 33.2 Å². The van der Waals surface area contributed by atoms with E-state index in [9.17, 15) is 4.79 Å². The number of nitrogens with zero attached hydrogens (tertiary/aromatic N) is 2. The first-order chi connectivity index (χ1) is 9.29. The average Bonchev–Trinajstić information content (AvgIpc) is 2.90. The molecule has 96 valence electrons. The predicted octanol–water partition coefficient (Wildman–Crippen LogP) is 3.37. The molecule has 0 saturated carbocycles. The van der Waals surface area contributed by atoms with Gasteiger partial charge in [0.25, 0.3) is 0 Å². The van der Waals surface area contributed by atoms with Crippen LogP contribution in [0.25, 0.3) is 0 Å². The summed E-state index contributed by atoms with van der Waals surface area (Å²) in [4.78, 5) is 18.2. The van der Waals surface area contributed by atoms with Crippen molar-refractivity contribution in [2.24, 2.45) is 0 Å². The quantitative estimate of drug-likeness (QED) is 0.785. The maximum absolute atomic E-state index is 11.6. The average molecular weight is 252 g/mol. The molecule has 0 unspecified atom stereocenters. The van der Waals surface area contributed by atoms with Gasteiger partial charge in [0.2, 0.25) is 0 Å². The largest absolute Gasteiger partial charge is 0.326 e. The van der Waals surface area contributed by atoms with E-state index in [4.69, 9.17) is 0 Å². The van der Waals surface area contributed by atoms with Crippen molar-refractivity contribution in [1.82, 2.24) is 4.98 Å². The number of hydrogen-bond acceptors (Lipinski definition) is 3. The third kappa shape index (κ3) is 2.12. The highest BCUT2D eigenvalue weighted by Crippen LogP contribution is 2.32. The Morgan fingerprint density at radius 3 is 2.84 bits per heavy atom. The van der Waals surface area contributed by atoms with Gasteiger partial charge in [-0.1, -0.05) is 25.1 Å². The molecule has 0 bridgehead atoms. The number of ketones is 1. The Kier molecular flexibility index (Phi) is 3.03. The number of anilines is 2. The second-order valence-electron chi connectivity index (χ2n) is 4.71. The Bertz CT molecular complexity index is 604. The molecule has 3 nitrogen and oxygen atoms in total. The fourth-order valence-electron chi connectivity index (χ4n) is 2.49. The van der Waals surface area contributed by atoms with Crippen LogP contribution in [0.5, 0.6) is 0 Å². The number of para-hydroxylation sites is 1. The summed E-state index contributed by atoms with van der Waals surface area (Å²) in [5.41, 5.74) is 3.28. The number of rotatable bonds is 3. The molecule has 3 rings (SSSR count). The molecular weight excluding hydrogens is 236 g/mol. The maximum Gasteiger partial charge on any atom is 0.164 e. The SMILES string of the molecule is CCC(=O)c1ccc(N2CCc3ccccc32)nc1. The Balaban J connectivity index is 1.90. The monoisotopic (exact) mass is 252 g/mol. The van der Waals surface area contributed by atoms with Crippen molar-refractivity contribution in [3.8, 4) is 0 Å². The van der Waals surface area contributed by atoms with Gasteiger partial charge in [0.1, 0.15) is 5.82 Å². The van der Waals surface area contributed by atoms with Gasteiger partial charge in [-0.05, 0) is 30.2 Å². The van der Waals surface area contributed by atoms with Crippen LogP contribution < -0.4 is 4.90 Å². The summed E-state index contributed by atoms with van der Waals surface area (Å²) < 4.78 is 0. The standard InChI is InChI=1S/C16H16N2O/c1-2-15(19)13-7-8-16(17-11-13)18-10-9-12-5-3-4-6-14(12)18/h3-8,11H,2,9-10H2,1H3. The van der Waals surface area contributed by atoms with Gasteiger partial charge in [-0.15, -0.1) is 0 Å². The lowest BCUT2D eigenvalue weighted by Crippen LogP contribution is -2.15. The van der Waals surface area contributed by atoms with Crippen molar-refractivity contribution in [3.05, 3.63) is 53.7 Å². The highest BCUT2D eigenvalue weighted by atomic mass is 16.1. The van der Waals surface area contributed by atoms with E-state index in [0.29, 0.717) is 12.0 Å². The predicted molar refractivity (Wildman–Crippen MR) is 76.0 cm³/mol. The fourth-order valence-corrected chi connectivity index (χ4v) is 2.49. The van der Waals surface area contributed by atoms with Gasteiger partial charge in [-0.2, -0.15) is 0 Å². The van der Waals surface area contributed by atoms with E-state index in [1.807, 2.05) is 25.1 Å². The van der Waals surface area contributed by atoms with Crippen molar-refractivity contribution in [1.29, 1.82) is 0 Å². The molecule has 0 atom stereocenters. The lowest BCUT2D eigenvalue weighted by atomic mass is 10.1. The molecule has 0 spiro atoms. The number of pyridine rings is 1. The van der Waals surface area contributed by atoms with Crippen molar-refractivity contribution in [2.45, 2.75) is 19.8 Å². The second-order valence-corrected chi connectivity index (χ2v) is 4.71. The number of benzene rings is 1. The van der Waals surface area contributed by atoms with Crippen LogP contribution in [0.2, 0.25) is 0 Å². The lowest BCUT2D eigenvalue weighted by molar-refractivity contribution is 0.0988. The number of carbonyl (C=O) groups excluding carboxylic acids is 1. The van der Waals surface area contributed by atoms with Gasteiger partial charge >= 0.3 is 0 Å². The van der Waals surface area contributed by atoms with E-state index >= 15 is 0 Å². The van der Waals surface area contributed by atoms with Crippen LogP contribution in [0.15, 0.2) is 42.6 Å². The zero-order chi connectivity index (χ0) is 13.2. The van der Waals surface area contributed by atoms with Crippen LogP contribution in [0.1, 0.15) is 29.3 Å². The van der Waals surface area contributed by atoms with Gasteiger partial charge in [0.15, 0.2) is 5.78 Å². The molecule has 1 aromatic carbocycles. The third-order valence-electron chi connectivity index (χ3n) is 3.55. The van der Waals surface area contributed by atoms with Gasteiger partial charge in [-0.25, -0.2) is 4.98 Å². The Morgan fingerprint density at radius 1 is 1.26 bits per heavy atom. The maximum atomic E-state index is 11.6. The van der Waals surface area contributed by atoms with Crippen LogP contribution in [-0.2, 0) is 6.42 Å². The summed E-state index contributed by atoms with van der Waals surface area (Å²) in [6.07, 6.45) is 3.25. The molecule has 0 fully saturated rings. The van der Waals surface area contributed by atoms with E-state index < -0.39 is 0 Å². The van der Waals surface area contributed by atoms with E-state index in [1.54, 1.807) is 6.20 Å². The molecule has 2 heterocycles. The first-order valence-corrected chi connectivity index (χ1v) is 6.64. The van der Waals surface area contributed by atoms with Crippen LogP contribution >= 0.6 is 0 Å². The van der Waals surface area contributed by atoms with E-state index in [1.165, 1.54) is 11.3 Å². The first-order valence-electron chi connectivity index (χ1n) is 6.64. The molecule has 1 aromatic heterocycles. The molecule has 1 aliphatic heterocycles. The van der Waals surface area contributed by atoms with Crippen LogP contribution in [-0.4, -0.2) is 17.3 Å². The summed E-state index contributed by atoms with van der Waals surface area (Å²) in [5, 5.41) is 0. The second kappa shape index (κ2) is 4.84. The summed E-state index contributed by atoms with van der Waals surface area (Å²) in [7, 11) is 0. The van der Waals surface area contributed by atoms with Crippen LogP contribution in [0.4, 0.5) is 11.5 Å². The van der Waals surface area contributed by atoms with Crippen molar-refractivity contribution in [3.63, 3.8) is 0 Å². The minimum Gasteiger partial charge on any atom is -0.326 e. The Hall–Kier alpha value is -2.16. The number of fused-ring (bicyclic) bond motifs is 1. The van der Waals surface area contributed by atoms with Crippen molar-refractivity contribution in [2.75, 3.05) is 11.4 Å². The summed E-state index contributed by atoms with van der Waals surface area (Å²) in [6.45, 7) is 2.82. The molecule has 2 aromatic rings. The lowest BCUT2D eigenvalue weighted by Gasteiger charge is -2.18. The highest BCUT2D eigenvalue weighted by Gasteiger charge is 2.20. The summed E-state index contributed by atoms with van der Waals surface area (Å²) in [5.74, 6) is 1.05. The molecule has 0 N–H and O–H groups in total. The van der Waals surface area contributed by atoms with Crippen LogP contribution in [0.3, 0.4) is 0 Å². The van der Waals surface area contributed by atoms with Gasteiger partial charge in [-0.3, -0.25) is 4.79 Å². The first kappa shape index (κ1) is 11.9. The minimum absolute atomic E-state index is 0.140. The van der Waals surface area contributed by atoms with Crippen LogP contribution in [0, 0.1) is 0 Å². The number of aromatic nitrogens is 1. The highest BCUT2D eigenvalue weighted by molar-refractivity contribution is 5.95. The molecule has 3 heteroatoms. The number of Topliss-reactive ketones (excluding diaryl/α,β-unsaturated/α-hetero) is 1. The minimum atomic E-state index is 0.140. The smallest absolute Gasteiger partial charge is 0.164 e. The molecule has 19 heavy (non-hydrogen) atoms. The number of hydrogen-bond donors (Lipinski definition) is 0. The Morgan fingerprint density at radius 2 is 2.11 bits per heavy atom. The normalized spacial score (nSPS) is 13.4. The molecular formula is C16H16N2O. The van der Waals surface area contributed by atoms with Gasteiger partial charge in [0, 0.05) is 30.4 Å². The van der Waals surface area contributed by atoms with E-state index in [-0.39, 0.29) is 5.78 Å². The number of carbonyl (C=O) groups is 1. The van der Waals surface area contributed by atoms with Gasteiger partial charge < -0.3 is 4.90 Å². The molecule has 1 aliphatic rings. The Labute approximate surface area is 112 Å². The zero-order valence-electron chi connectivity index (χ0n) is 11.0. The summed E-state index contributed by atoms with van der Waals surface area (Å²) in [6, 6.07) is 12.2. The molecule has 0 amide bonds. The van der Waals surface area contributed by atoms with Crippen molar-refractivity contribution < 1.29 is 4.79 Å². The third-order valence-corrected chi connectivity index (χ3v) is 3.55. The molecule has 0 aliphatic carbocycles. The fraction of sp³-hybridized carbons (Fsp3) is 0.250.